The summed E-state index contributed by atoms with van der Waals surface area (Å²) in [4.78, 5) is 0. The van der Waals surface area contributed by atoms with Crippen LogP contribution in [0, 0.1) is 0 Å². The monoisotopic (exact) mass is 311 g/mol. The van der Waals surface area contributed by atoms with Gasteiger partial charge >= 0.3 is 6.18 Å². The van der Waals surface area contributed by atoms with Crippen molar-refractivity contribution in [2.75, 3.05) is 13.7 Å². The molecule has 0 spiro atoms. The lowest BCUT2D eigenvalue weighted by molar-refractivity contribution is -0.138. The second-order valence-electron chi connectivity index (χ2n) is 4.68. The second-order valence-corrected chi connectivity index (χ2v) is 4.68. The molecule has 0 radical (unpaired) electrons. The average Bonchev–Trinajstić information content (AvgIpc) is 2.52. The highest BCUT2D eigenvalue weighted by Gasteiger charge is 2.34. The highest BCUT2D eigenvalue weighted by atomic mass is 19.4. The molecule has 0 saturated carbocycles. The first-order valence-electron chi connectivity index (χ1n) is 6.60. The Morgan fingerprint density at radius 1 is 1.05 bits per heavy atom. The first kappa shape index (κ1) is 16.2. The molecule has 2 N–H and O–H groups in total. The van der Waals surface area contributed by atoms with Crippen LogP contribution in [0.1, 0.15) is 17.2 Å². The lowest BCUT2D eigenvalue weighted by Gasteiger charge is -2.18. The quantitative estimate of drug-likeness (QED) is 0.913. The number of rotatable bonds is 5. The van der Waals surface area contributed by atoms with Gasteiger partial charge in [-0.3, -0.25) is 0 Å². The number of methoxy groups -OCH3 is 1. The zero-order valence-corrected chi connectivity index (χ0v) is 11.9. The van der Waals surface area contributed by atoms with Crippen molar-refractivity contribution in [2.45, 2.75) is 12.2 Å². The molecule has 0 fully saturated rings. The summed E-state index contributed by atoms with van der Waals surface area (Å²) in [6.45, 7) is -0.0692. The number of alkyl halides is 3. The van der Waals surface area contributed by atoms with E-state index in [2.05, 4.69) is 0 Å². The summed E-state index contributed by atoms with van der Waals surface area (Å²) < 4.78 is 49.4. The van der Waals surface area contributed by atoms with E-state index in [4.69, 9.17) is 15.2 Å². The number of hydrogen-bond donors (Lipinski definition) is 1. The summed E-state index contributed by atoms with van der Waals surface area (Å²) >= 11 is 0. The van der Waals surface area contributed by atoms with Crippen LogP contribution in [0.25, 0.3) is 0 Å². The van der Waals surface area contributed by atoms with E-state index in [0.29, 0.717) is 11.5 Å². The molecule has 2 aromatic carbocycles. The van der Waals surface area contributed by atoms with Gasteiger partial charge in [-0.2, -0.15) is 13.2 Å². The third kappa shape index (κ3) is 3.92. The minimum atomic E-state index is -4.44. The Morgan fingerprint density at radius 3 is 2.41 bits per heavy atom. The Labute approximate surface area is 126 Å². The van der Waals surface area contributed by atoms with Crippen molar-refractivity contribution in [1.82, 2.24) is 0 Å². The van der Waals surface area contributed by atoms with Gasteiger partial charge in [-0.25, -0.2) is 0 Å². The van der Waals surface area contributed by atoms with Crippen molar-refractivity contribution in [3.8, 4) is 11.5 Å². The van der Waals surface area contributed by atoms with E-state index in [9.17, 15) is 13.2 Å². The molecule has 0 aliphatic heterocycles. The third-order valence-corrected chi connectivity index (χ3v) is 3.14. The van der Waals surface area contributed by atoms with Crippen LogP contribution >= 0.6 is 0 Å². The number of halogens is 3. The summed E-state index contributed by atoms with van der Waals surface area (Å²) in [5, 5.41) is 0. The lowest BCUT2D eigenvalue weighted by Crippen LogP contribution is -2.23. The Morgan fingerprint density at radius 2 is 1.73 bits per heavy atom. The fourth-order valence-corrected chi connectivity index (χ4v) is 2.05. The number of ether oxygens (including phenoxy) is 2. The van der Waals surface area contributed by atoms with E-state index in [1.54, 1.807) is 24.3 Å². The molecular formula is C16H16F3NO2. The normalized spacial score (nSPS) is 12.8. The van der Waals surface area contributed by atoms with Crippen molar-refractivity contribution in [2.24, 2.45) is 5.73 Å². The maximum Gasteiger partial charge on any atom is 0.416 e. The van der Waals surface area contributed by atoms with Crippen molar-refractivity contribution in [3.63, 3.8) is 0 Å². The van der Waals surface area contributed by atoms with Gasteiger partial charge in [0.1, 0.15) is 18.1 Å². The van der Waals surface area contributed by atoms with E-state index in [-0.39, 0.29) is 12.2 Å². The molecule has 0 bridgehead atoms. The molecule has 2 rings (SSSR count). The van der Waals surface area contributed by atoms with Crippen molar-refractivity contribution in [1.29, 1.82) is 0 Å². The van der Waals surface area contributed by atoms with Crippen LogP contribution in [-0.4, -0.2) is 13.7 Å². The van der Waals surface area contributed by atoms with E-state index in [1.807, 2.05) is 0 Å². The molecule has 1 atom stereocenters. The van der Waals surface area contributed by atoms with Crippen molar-refractivity contribution < 1.29 is 22.6 Å². The minimum absolute atomic E-state index is 0.0119. The van der Waals surface area contributed by atoms with E-state index in [0.717, 1.165) is 6.07 Å². The molecule has 118 valence electrons. The molecule has 0 aliphatic carbocycles. The van der Waals surface area contributed by atoms with Gasteiger partial charge in [-0.05, 0) is 23.8 Å². The van der Waals surface area contributed by atoms with Crippen molar-refractivity contribution >= 4 is 0 Å². The molecular weight excluding hydrogens is 295 g/mol. The summed E-state index contributed by atoms with van der Waals surface area (Å²) in [6, 6.07) is 11.1. The highest BCUT2D eigenvalue weighted by Crippen LogP contribution is 2.34. The topological polar surface area (TPSA) is 44.5 Å². The van der Waals surface area contributed by atoms with Crippen LogP contribution in [0.3, 0.4) is 0 Å². The van der Waals surface area contributed by atoms with Crippen LogP contribution in [0.4, 0.5) is 13.2 Å². The molecule has 0 saturated heterocycles. The Hall–Kier alpha value is -2.21. The van der Waals surface area contributed by atoms with Gasteiger partial charge in [-0.1, -0.05) is 24.3 Å². The van der Waals surface area contributed by atoms with Crippen LogP contribution in [0.15, 0.2) is 48.5 Å². The predicted molar refractivity (Wildman–Crippen MR) is 76.9 cm³/mol. The molecule has 2 aromatic rings. The van der Waals surface area contributed by atoms with Gasteiger partial charge in [-0.15, -0.1) is 0 Å². The molecule has 0 amide bonds. The molecule has 1 unspecified atom stereocenters. The first-order valence-corrected chi connectivity index (χ1v) is 6.60. The van der Waals surface area contributed by atoms with E-state index < -0.39 is 17.8 Å². The fourth-order valence-electron chi connectivity index (χ4n) is 2.05. The Bertz CT molecular complexity index is 629. The van der Waals surface area contributed by atoms with Gasteiger partial charge in [0.15, 0.2) is 0 Å². The maximum absolute atomic E-state index is 13.0. The Kier molecular flexibility index (Phi) is 4.92. The number of benzene rings is 2. The zero-order valence-electron chi connectivity index (χ0n) is 11.9. The molecule has 3 nitrogen and oxygen atoms in total. The van der Waals surface area contributed by atoms with Crippen LogP contribution in [-0.2, 0) is 6.18 Å². The number of hydrogen-bond acceptors (Lipinski definition) is 3. The molecule has 0 heterocycles. The SMILES string of the molecule is COc1cccc(OCC(N)c2ccccc2C(F)(F)F)c1. The van der Waals surface area contributed by atoms with E-state index in [1.165, 1.54) is 25.3 Å². The fraction of sp³-hybridized carbons (Fsp3) is 0.250. The summed E-state index contributed by atoms with van der Waals surface area (Å²) in [7, 11) is 1.52. The third-order valence-electron chi connectivity index (χ3n) is 3.14. The van der Waals surface area contributed by atoms with Crippen LogP contribution in [0.2, 0.25) is 0 Å². The summed E-state index contributed by atoms with van der Waals surface area (Å²) in [5.41, 5.74) is 5.13. The molecule has 6 heteroatoms. The van der Waals surface area contributed by atoms with Gasteiger partial charge in [0.2, 0.25) is 0 Å². The van der Waals surface area contributed by atoms with Crippen LogP contribution < -0.4 is 15.2 Å². The maximum atomic E-state index is 13.0. The molecule has 22 heavy (non-hydrogen) atoms. The smallest absolute Gasteiger partial charge is 0.416 e. The van der Waals surface area contributed by atoms with Gasteiger partial charge in [0.05, 0.1) is 18.7 Å². The van der Waals surface area contributed by atoms with Crippen LogP contribution in [0.5, 0.6) is 11.5 Å². The predicted octanol–water partition coefficient (Wildman–Crippen LogP) is 3.79. The first-order chi connectivity index (χ1) is 10.4. The minimum Gasteiger partial charge on any atom is -0.497 e. The Balaban J connectivity index is 2.11. The highest BCUT2D eigenvalue weighted by molar-refractivity contribution is 5.34. The lowest BCUT2D eigenvalue weighted by atomic mass is 10.0. The second kappa shape index (κ2) is 6.70. The van der Waals surface area contributed by atoms with Gasteiger partial charge in [0.25, 0.3) is 0 Å². The van der Waals surface area contributed by atoms with Gasteiger partial charge < -0.3 is 15.2 Å². The van der Waals surface area contributed by atoms with E-state index >= 15 is 0 Å². The largest absolute Gasteiger partial charge is 0.497 e. The average molecular weight is 311 g/mol. The molecule has 0 aliphatic rings. The van der Waals surface area contributed by atoms with Crippen molar-refractivity contribution in [3.05, 3.63) is 59.7 Å². The summed E-state index contributed by atoms with van der Waals surface area (Å²) in [6.07, 6.45) is -4.44. The standard InChI is InChI=1S/C16H16F3NO2/c1-21-11-5-4-6-12(9-11)22-10-15(20)13-7-2-3-8-14(13)16(17,18)19/h2-9,15H,10,20H2,1H3. The summed E-state index contributed by atoms with van der Waals surface area (Å²) in [5.74, 6) is 1.08. The zero-order chi connectivity index (χ0) is 16.2. The van der Waals surface area contributed by atoms with Gasteiger partial charge in [0, 0.05) is 6.07 Å². The molecule has 0 aromatic heterocycles. The number of nitrogens with two attached hydrogens (primary N) is 1.